The van der Waals surface area contributed by atoms with Gasteiger partial charge < -0.3 is 15.2 Å². The van der Waals surface area contributed by atoms with Crippen LogP contribution in [-0.4, -0.2) is 34.3 Å². The first-order valence-electron chi connectivity index (χ1n) is 7.67. The summed E-state index contributed by atoms with van der Waals surface area (Å²) in [5.41, 5.74) is -1.10. The molecule has 1 amide bonds. The molecule has 23 heavy (non-hydrogen) atoms. The molecule has 0 aliphatic heterocycles. The topological polar surface area (TPSA) is 88.5 Å². The van der Waals surface area contributed by atoms with Gasteiger partial charge in [0.25, 0.3) is 0 Å². The van der Waals surface area contributed by atoms with Gasteiger partial charge in [0.1, 0.15) is 5.60 Å². The summed E-state index contributed by atoms with van der Waals surface area (Å²) < 4.78 is 5.18. The monoisotopic (exact) mass is 322 g/mol. The fourth-order valence-electron chi connectivity index (χ4n) is 2.24. The molecule has 0 fully saturated rings. The maximum absolute atomic E-state index is 11.9. The second-order valence-electron chi connectivity index (χ2n) is 6.97. The Labute approximate surface area is 137 Å². The van der Waals surface area contributed by atoms with Crippen molar-refractivity contribution in [2.75, 3.05) is 6.54 Å². The van der Waals surface area contributed by atoms with Crippen molar-refractivity contribution in [3.05, 3.63) is 30.1 Å². The second-order valence-corrected chi connectivity index (χ2v) is 6.97. The van der Waals surface area contributed by atoms with Crippen LogP contribution in [-0.2, 0) is 16.0 Å². The summed E-state index contributed by atoms with van der Waals surface area (Å²) in [7, 11) is 0. The first-order valence-corrected chi connectivity index (χ1v) is 7.67. The number of carboxylic acids is 1. The predicted molar refractivity (Wildman–Crippen MR) is 87.1 cm³/mol. The molecule has 1 heterocycles. The van der Waals surface area contributed by atoms with E-state index in [1.54, 1.807) is 39.1 Å². The number of pyridine rings is 1. The zero-order valence-electron chi connectivity index (χ0n) is 14.4. The number of aliphatic carboxylic acids is 1. The van der Waals surface area contributed by atoms with Gasteiger partial charge in [-0.05, 0) is 38.8 Å². The normalized spacial score (nSPS) is 14.2. The van der Waals surface area contributed by atoms with Gasteiger partial charge in [0.15, 0.2) is 0 Å². The molecule has 0 aromatic carbocycles. The van der Waals surface area contributed by atoms with Crippen molar-refractivity contribution in [1.82, 2.24) is 10.3 Å². The lowest BCUT2D eigenvalue weighted by Gasteiger charge is -2.33. The van der Waals surface area contributed by atoms with Gasteiger partial charge in [-0.3, -0.25) is 9.78 Å². The molecular weight excluding hydrogens is 296 g/mol. The van der Waals surface area contributed by atoms with Crippen molar-refractivity contribution < 1.29 is 19.4 Å². The molecule has 6 nitrogen and oxygen atoms in total. The lowest BCUT2D eigenvalue weighted by atomic mass is 9.73. The van der Waals surface area contributed by atoms with Gasteiger partial charge in [-0.2, -0.15) is 0 Å². The number of ether oxygens (including phenoxy) is 1. The van der Waals surface area contributed by atoms with Gasteiger partial charge in [-0.15, -0.1) is 0 Å². The molecule has 0 aliphatic carbocycles. The predicted octanol–water partition coefficient (Wildman–Crippen LogP) is 2.88. The Morgan fingerprint density at radius 3 is 2.39 bits per heavy atom. The van der Waals surface area contributed by atoms with Crippen molar-refractivity contribution in [3.63, 3.8) is 0 Å². The Morgan fingerprint density at radius 1 is 1.30 bits per heavy atom. The molecule has 0 saturated carbocycles. The number of nitrogens with zero attached hydrogens (tertiary/aromatic N) is 1. The lowest BCUT2D eigenvalue weighted by Crippen LogP contribution is -2.49. The summed E-state index contributed by atoms with van der Waals surface area (Å²) in [6, 6.07) is 5.38. The fraction of sp³-hybridized carbons (Fsp3) is 0.588. The minimum absolute atomic E-state index is 0.0223. The molecule has 0 radical (unpaired) electrons. The molecule has 2 N–H and O–H groups in total. The number of hydrogen-bond donors (Lipinski definition) is 2. The van der Waals surface area contributed by atoms with Crippen LogP contribution in [0.3, 0.4) is 0 Å². The Kier molecular flexibility index (Phi) is 6.12. The Bertz CT molecular complexity index is 537. The third-order valence-corrected chi connectivity index (χ3v) is 3.70. The summed E-state index contributed by atoms with van der Waals surface area (Å²) >= 11 is 0. The highest BCUT2D eigenvalue weighted by molar-refractivity contribution is 5.77. The maximum Gasteiger partial charge on any atom is 0.407 e. The van der Waals surface area contributed by atoms with Crippen LogP contribution in [0.1, 0.15) is 40.3 Å². The zero-order valence-corrected chi connectivity index (χ0v) is 14.4. The third kappa shape index (κ3) is 5.54. The van der Waals surface area contributed by atoms with Crippen LogP contribution < -0.4 is 5.32 Å². The van der Waals surface area contributed by atoms with Gasteiger partial charge >= 0.3 is 12.1 Å². The van der Waals surface area contributed by atoms with Crippen molar-refractivity contribution >= 4 is 12.1 Å². The summed E-state index contributed by atoms with van der Waals surface area (Å²) in [5, 5.41) is 12.4. The van der Waals surface area contributed by atoms with Crippen molar-refractivity contribution in [2.24, 2.45) is 11.3 Å². The molecule has 1 aromatic heterocycles. The maximum atomic E-state index is 11.9. The van der Waals surface area contributed by atoms with E-state index in [1.165, 1.54) is 0 Å². The van der Waals surface area contributed by atoms with E-state index in [9.17, 15) is 14.7 Å². The Hall–Kier alpha value is -2.11. The van der Waals surface area contributed by atoms with E-state index in [0.29, 0.717) is 5.69 Å². The van der Waals surface area contributed by atoms with Crippen LogP contribution in [0.4, 0.5) is 4.79 Å². The third-order valence-electron chi connectivity index (χ3n) is 3.70. The number of nitrogens with one attached hydrogen (secondary N) is 1. The van der Waals surface area contributed by atoms with Gasteiger partial charge in [-0.1, -0.05) is 19.9 Å². The number of hydrogen-bond acceptors (Lipinski definition) is 4. The molecule has 0 spiro atoms. The molecule has 128 valence electrons. The van der Waals surface area contributed by atoms with Crippen LogP contribution >= 0.6 is 0 Å². The smallest absolute Gasteiger partial charge is 0.407 e. The van der Waals surface area contributed by atoms with Crippen LogP contribution in [0.2, 0.25) is 0 Å². The number of aromatic nitrogens is 1. The van der Waals surface area contributed by atoms with E-state index < -0.39 is 23.1 Å². The summed E-state index contributed by atoms with van der Waals surface area (Å²) in [5.74, 6) is -1.16. The van der Waals surface area contributed by atoms with E-state index >= 15 is 0 Å². The Balaban J connectivity index is 2.92. The highest BCUT2D eigenvalue weighted by atomic mass is 16.6. The number of carbonyl (C=O) groups excluding carboxylic acids is 1. The molecule has 0 saturated heterocycles. The summed E-state index contributed by atoms with van der Waals surface area (Å²) in [4.78, 5) is 28.0. The summed E-state index contributed by atoms with van der Waals surface area (Å²) in [6.45, 7) is 8.90. The molecule has 1 atom stereocenters. The standard InChI is InChI=1S/C17H26N2O4/c1-12(2)17(14(20)21,10-13-8-6-7-9-18-13)11-19-15(22)23-16(3,4)5/h6-9,12H,10-11H2,1-5H3,(H,19,22)(H,20,21). The van der Waals surface area contributed by atoms with Crippen LogP contribution in [0.25, 0.3) is 0 Å². The molecule has 1 aromatic rings. The van der Waals surface area contributed by atoms with Crippen molar-refractivity contribution in [2.45, 2.75) is 46.6 Å². The van der Waals surface area contributed by atoms with Crippen LogP contribution in [0.15, 0.2) is 24.4 Å². The average Bonchev–Trinajstić information content (AvgIpc) is 2.42. The molecule has 6 heteroatoms. The van der Waals surface area contributed by atoms with Crippen LogP contribution in [0, 0.1) is 11.3 Å². The van der Waals surface area contributed by atoms with Gasteiger partial charge in [-0.25, -0.2) is 4.79 Å². The largest absolute Gasteiger partial charge is 0.481 e. The number of carbonyl (C=O) groups is 2. The molecule has 0 aliphatic rings. The first kappa shape index (κ1) is 18.9. The highest BCUT2D eigenvalue weighted by Crippen LogP contribution is 2.31. The Morgan fingerprint density at radius 2 is 1.96 bits per heavy atom. The molecule has 1 rings (SSSR count). The van der Waals surface area contributed by atoms with E-state index in [1.807, 2.05) is 19.9 Å². The summed E-state index contributed by atoms with van der Waals surface area (Å²) in [6.07, 6.45) is 1.24. The molecule has 1 unspecified atom stereocenters. The SMILES string of the molecule is CC(C)C(CNC(=O)OC(C)(C)C)(Cc1ccccn1)C(=O)O. The van der Waals surface area contributed by atoms with E-state index in [4.69, 9.17) is 4.74 Å². The molecule has 0 bridgehead atoms. The van der Waals surface area contributed by atoms with Gasteiger partial charge in [0.05, 0.1) is 5.41 Å². The van der Waals surface area contributed by atoms with E-state index in [0.717, 1.165) is 0 Å². The van der Waals surface area contributed by atoms with Crippen molar-refractivity contribution in [1.29, 1.82) is 0 Å². The zero-order chi connectivity index (χ0) is 17.7. The number of carboxylic acid groups (broad SMARTS) is 1. The average molecular weight is 322 g/mol. The lowest BCUT2D eigenvalue weighted by molar-refractivity contribution is -0.151. The number of alkyl carbamates (subject to hydrolysis) is 1. The quantitative estimate of drug-likeness (QED) is 0.840. The molecular formula is C17H26N2O4. The highest BCUT2D eigenvalue weighted by Gasteiger charge is 2.42. The minimum atomic E-state index is -1.15. The van der Waals surface area contributed by atoms with E-state index in [-0.39, 0.29) is 18.9 Å². The number of rotatable bonds is 6. The van der Waals surface area contributed by atoms with Gasteiger partial charge in [0, 0.05) is 24.9 Å². The minimum Gasteiger partial charge on any atom is -0.481 e. The van der Waals surface area contributed by atoms with E-state index in [2.05, 4.69) is 10.3 Å². The second kappa shape index (κ2) is 7.44. The first-order chi connectivity index (χ1) is 10.6. The fourth-order valence-corrected chi connectivity index (χ4v) is 2.24. The van der Waals surface area contributed by atoms with Gasteiger partial charge in [0.2, 0.25) is 0 Å². The van der Waals surface area contributed by atoms with Crippen molar-refractivity contribution in [3.8, 4) is 0 Å². The number of amides is 1. The van der Waals surface area contributed by atoms with Crippen LogP contribution in [0.5, 0.6) is 0 Å².